The van der Waals surface area contributed by atoms with Crippen LogP contribution in [0.4, 0.5) is 0 Å². The maximum absolute atomic E-state index is 11.9. The van der Waals surface area contributed by atoms with Gasteiger partial charge in [-0.25, -0.2) is 0 Å². The van der Waals surface area contributed by atoms with E-state index in [0.29, 0.717) is 39.1 Å². The second-order valence-electron chi connectivity index (χ2n) is 16.2. The third-order valence-electron chi connectivity index (χ3n) is 14.4. The van der Waals surface area contributed by atoms with Crippen LogP contribution in [-0.4, -0.2) is 24.8 Å². The van der Waals surface area contributed by atoms with Crippen LogP contribution in [0.3, 0.4) is 0 Å². The Hall–Kier alpha value is -0.570. The summed E-state index contributed by atoms with van der Waals surface area (Å²) in [5.41, 5.74) is 2.00. The Bertz CT molecular complexity index is 906. The summed E-state index contributed by atoms with van der Waals surface area (Å²) in [4.78, 5) is 11.9. The standard InChI is InChI=1S/C32H52O3/c1-20(33)35-24-12-13-29(6)22(28(24,4)5)11-14-31(8)23(29)10-9-21-25-26-27(2,3)15-17-32(25,19-34-26)18-16-30(21,31)7/h21-26H,9-19H2,1-8H3. The molecular weight excluding hydrogens is 432 g/mol. The lowest BCUT2D eigenvalue weighted by atomic mass is 9.31. The predicted molar refractivity (Wildman–Crippen MR) is 140 cm³/mol. The minimum Gasteiger partial charge on any atom is -0.462 e. The van der Waals surface area contributed by atoms with Gasteiger partial charge in [0.1, 0.15) is 6.10 Å². The molecule has 35 heavy (non-hydrogen) atoms. The summed E-state index contributed by atoms with van der Waals surface area (Å²) in [6.07, 6.45) is 13.7. The molecule has 198 valence electrons. The Balaban J connectivity index is 1.35. The van der Waals surface area contributed by atoms with E-state index in [-0.39, 0.29) is 17.5 Å². The maximum atomic E-state index is 11.9. The fourth-order valence-corrected chi connectivity index (χ4v) is 12.4. The van der Waals surface area contributed by atoms with E-state index in [1.807, 2.05) is 0 Å². The second kappa shape index (κ2) is 7.29. The first kappa shape index (κ1) is 24.7. The lowest BCUT2D eigenvalue weighted by molar-refractivity contribution is -0.254. The molecule has 6 fully saturated rings. The van der Waals surface area contributed by atoms with E-state index in [9.17, 15) is 4.79 Å². The summed E-state index contributed by atoms with van der Waals surface area (Å²) < 4.78 is 12.7. The summed E-state index contributed by atoms with van der Waals surface area (Å²) in [5.74, 6) is 2.88. The van der Waals surface area contributed by atoms with Gasteiger partial charge in [0.25, 0.3) is 0 Å². The average Bonchev–Trinajstić information content (AvgIpc) is 3.10. The number of ether oxygens (including phenoxy) is 2. The van der Waals surface area contributed by atoms with Gasteiger partial charge in [-0.15, -0.1) is 0 Å². The molecule has 0 aromatic rings. The van der Waals surface area contributed by atoms with Gasteiger partial charge < -0.3 is 9.47 Å². The second-order valence-corrected chi connectivity index (χ2v) is 16.2. The van der Waals surface area contributed by atoms with E-state index in [4.69, 9.17) is 9.47 Å². The van der Waals surface area contributed by atoms with Crippen LogP contribution in [0.1, 0.15) is 120 Å². The molecule has 6 aliphatic rings. The van der Waals surface area contributed by atoms with E-state index >= 15 is 0 Å². The molecule has 3 nitrogen and oxygen atoms in total. The van der Waals surface area contributed by atoms with Gasteiger partial charge in [-0.3, -0.25) is 4.79 Å². The van der Waals surface area contributed by atoms with Gasteiger partial charge in [0.2, 0.25) is 0 Å². The molecule has 5 saturated carbocycles. The minimum atomic E-state index is -0.108. The van der Waals surface area contributed by atoms with Crippen molar-refractivity contribution in [2.24, 2.45) is 56.2 Å². The Morgan fingerprint density at radius 3 is 2.20 bits per heavy atom. The van der Waals surface area contributed by atoms with E-state index < -0.39 is 0 Å². The van der Waals surface area contributed by atoms with Crippen molar-refractivity contribution in [1.29, 1.82) is 0 Å². The van der Waals surface area contributed by atoms with Crippen molar-refractivity contribution in [3.8, 4) is 0 Å². The molecule has 0 aromatic heterocycles. The number of hydrogen-bond acceptors (Lipinski definition) is 3. The number of carbonyl (C=O) groups is 1. The third-order valence-corrected chi connectivity index (χ3v) is 14.4. The third kappa shape index (κ3) is 2.97. The van der Waals surface area contributed by atoms with Gasteiger partial charge in [0.15, 0.2) is 0 Å². The van der Waals surface area contributed by atoms with Gasteiger partial charge in [-0.05, 0) is 115 Å². The first-order valence-corrected chi connectivity index (χ1v) is 15.0. The maximum Gasteiger partial charge on any atom is 0.302 e. The number of esters is 1. The molecule has 0 amide bonds. The largest absolute Gasteiger partial charge is 0.462 e. The minimum absolute atomic E-state index is 0.0503. The Labute approximate surface area is 214 Å². The van der Waals surface area contributed by atoms with Crippen LogP contribution < -0.4 is 0 Å². The Morgan fingerprint density at radius 2 is 1.49 bits per heavy atom. The summed E-state index contributed by atoms with van der Waals surface area (Å²) in [5, 5.41) is 0. The molecule has 5 aliphatic carbocycles. The fourth-order valence-electron chi connectivity index (χ4n) is 12.4. The van der Waals surface area contributed by atoms with Crippen molar-refractivity contribution in [1.82, 2.24) is 0 Å². The predicted octanol–water partition coefficient (Wildman–Crippen LogP) is 7.81. The topological polar surface area (TPSA) is 35.5 Å². The zero-order chi connectivity index (χ0) is 25.2. The van der Waals surface area contributed by atoms with Gasteiger partial charge in [0, 0.05) is 12.3 Å². The zero-order valence-electron chi connectivity index (χ0n) is 24.0. The van der Waals surface area contributed by atoms with E-state index in [2.05, 4.69) is 48.5 Å². The van der Waals surface area contributed by atoms with Crippen molar-refractivity contribution in [3.05, 3.63) is 0 Å². The van der Waals surface area contributed by atoms with Crippen LogP contribution in [0, 0.1) is 56.2 Å². The highest BCUT2D eigenvalue weighted by Crippen LogP contribution is 2.78. The molecule has 0 N–H and O–H groups in total. The summed E-state index contributed by atoms with van der Waals surface area (Å²) in [6.45, 7) is 20.5. The van der Waals surface area contributed by atoms with E-state index in [0.717, 1.165) is 30.8 Å². The average molecular weight is 485 g/mol. The number of rotatable bonds is 1. The van der Waals surface area contributed by atoms with Crippen molar-refractivity contribution in [3.63, 3.8) is 0 Å². The van der Waals surface area contributed by atoms with Crippen molar-refractivity contribution in [2.45, 2.75) is 132 Å². The first-order valence-electron chi connectivity index (χ1n) is 15.0. The van der Waals surface area contributed by atoms with Gasteiger partial charge in [0.05, 0.1) is 12.7 Å². The highest BCUT2D eigenvalue weighted by atomic mass is 16.5. The molecule has 10 unspecified atom stereocenters. The zero-order valence-corrected chi connectivity index (χ0v) is 24.0. The molecule has 1 heterocycles. The molecular formula is C32H52O3. The number of fused-ring (bicyclic) bond motifs is 5. The Kier molecular flexibility index (Phi) is 5.16. The molecule has 0 aromatic carbocycles. The van der Waals surface area contributed by atoms with Crippen molar-refractivity contribution < 1.29 is 14.3 Å². The molecule has 6 rings (SSSR count). The van der Waals surface area contributed by atoms with E-state index in [1.165, 1.54) is 57.8 Å². The number of carbonyl (C=O) groups excluding carboxylic acids is 1. The van der Waals surface area contributed by atoms with Crippen LogP contribution in [-0.2, 0) is 14.3 Å². The SMILES string of the molecule is CC(=O)OC1CCC2(C)C(CCC3(C)C2CCC2C4C5OCC4(CCC5(C)C)CCC23C)C1(C)C. The normalized spacial score (nSPS) is 55.7. The highest BCUT2D eigenvalue weighted by Gasteiger charge is 2.72. The van der Waals surface area contributed by atoms with Crippen LogP contribution >= 0.6 is 0 Å². The molecule has 0 radical (unpaired) electrons. The van der Waals surface area contributed by atoms with Crippen LogP contribution in [0.25, 0.3) is 0 Å². The molecule has 10 atom stereocenters. The molecule has 2 bridgehead atoms. The summed E-state index contributed by atoms with van der Waals surface area (Å²) in [7, 11) is 0. The molecule has 1 aliphatic heterocycles. The monoisotopic (exact) mass is 484 g/mol. The van der Waals surface area contributed by atoms with E-state index in [1.54, 1.807) is 6.92 Å². The van der Waals surface area contributed by atoms with Crippen LogP contribution in [0.5, 0.6) is 0 Å². The summed E-state index contributed by atoms with van der Waals surface area (Å²) >= 11 is 0. The highest BCUT2D eigenvalue weighted by molar-refractivity contribution is 5.66. The molecule has 1 saturated heterocycles. The summed E-state index contributed by atoms with van der Waals surface area (Å²) in [6, 6.07) is 0. The van der Waals surface area contributed by atoms with Crippen LogP contribution in [0.2, 0.25) is 0 Å². The molecule has 0 spiro atoms. The Morgan fingerprint density at radius 1 is 0.771 bits per heavy atom. The smallest absolute Gasteiger partial charge is 0.302 e. The quantitative estimate of drug-likeness (QED) is 0.356. The lowest BCUT2D eigenvalue weighted by Gasteiger charge is -2.73. The lowest BCUT2D eigenvalue weighted by Crippen LogP contribution is -2.67. The van der Waals surface area contributed by atoms with Gasteiger partial charge in [-0.1, -0.05) is 48.5 Å². The number of hydrogen-bond donors (Lipinski definition) is 0. The van der Waals surface area contributed by atoms with Gasteiger partial charge >= 0.3 is 5.97 Å². The van der Waals surface area contributed by atoms with Crippen molar-refractivity contribution in [2.75, 3.05) is 6.61 Å². The van der Waals surface area contributed by atoms with Gasteiger partial charge in [-0.2, -0.15) is 0 Å². The van der Waals surface area contributed by atoms with Crippen molar-refractivity contribution >= 4 is 5.97 Å². The molecule has 3 heteroatoms. The first-order chi connectivity index (χ1) is 16.2. The fraction of sp³-hybridized carbons (Fsp3) is 0.969. The van der Waals surface area contributed by atoms with Crippen LogP contribution in [0.15, 0.2) is 0 Å².